The van der Waals surface area contributed by atoms with Crippen molar-refractivity contribution < 1.29 is 0 Å². The second-order valence-electron chi connectivity index (χ2n) is 9.17. The minimum Gasteiger partial charge on any atom is -0.378 e. The molecule has 4 nitrogen and oxygen atoms in total. The van der Waals surface area contributed by atoms with Gasteiger partial charge in [-0.3, -0.25) is 0 Å². The number of anilines is 3. The van der Waals surface area contributed by atoms with Gasteiger partial charge in [-0.05, 0) is 68.3 Å². The summed E-state index contributed by atoms with van der Waals surface area (Å²) in [5.41, 5.74) is 8.48. The van der Waals surface area contributed by atoms with E-state index in [4.69, 9.17) is 4.99 Å². The highest BCUT2D eigenvalue weighted by Gasteiger charge is 2.42. The summed E-state index contributed by atoms with van der Waals surface area (Å²) in [7, 11) is 8.34. The molecule has 0 bridgehead atoms. The fraction of sp³-hybridized carbons (Fsp3) is 0.345. The predicted octanol–water partition coefficient (Wildman–Crippen LogP) is 6.75. The van der Waals surface area contributed by atoms with Crippen molar-refractivity contribution in [1.82, 2.24) is 0 Å². The van der Waals surface area contributed by atoms with Crippen LogP contribution in [-0.2, 0) is 4.75 Å². The minimum absolute atomic E-state index is 0.362. The molecule has 0 N–H and O–H groups in total. The Hall–Kier alpha value is -2.92. The molecule has 178 valence electrons. The second-order valence-corrected chi connectivity index (χ2v) is 10.6. The predicted molar refractivity (Wildman–Crippen MR) is 152 cm³/mol. The van der Waals surface area contributed by atoms with Gasteiger partial charge in [0.2, 0.25) is 0 Å². The van der Waals surface area contributed by atoms with E-state index in [9.17, 15) is 0 Å². The van der Waals surface area contributed by atoms with Crippen LogP contribution in [0.15, 0.2) is 71.7 Å². The molecule has 0 saturated heterocycles. The van der Waals surface area contributed by atoms with Crippen LogP contribution in [0.5, 0.6) is 0 Å². The molecule has 1 aliphatic rings. The lowest BCUT2D eigenvalue weighted by Gasteiger charge is -2.39. The average molecular weight is 473 g/mol. The first kappa shape index (κ1) is 24.2. The highest BCUT2D eigenvalue weighted by atomic mass is 32.2. The SMILES string of the molecule is CCN(CC)c1ccc2c(c1)N=C(C)SC2(c1ccc(N(C)C)cc1)c1ccc(N(C)C)cc1. The highest BCUT2D eigenvalue weighted by Crippen LogP contribution is 2.55. The molecular weight excluding hydrogens is 436 g/mol. The monoisotopic (exact) mass is 472 g/mol. The second kappa shape index (κ2) is 9.75. The van der Waals surface area contributed by atoms with Crippen LogP contribution < -0.4 is 14.7 Å². The van der Waals surface area contributed by atoms with E-state index in [2.05, 4.69) is 130 Å². The number of fused-ring (bicyclic) bond motifs is 1. The van der Waals surface area contributed by atoms with Crippen molar-refractivity contribution in [3.05, 3.63) is 83.4 Å². The van der Waals surface area contributed by atoms with Gasteiger partial charge in [0, 0.05) is 63.9 Å². The van der Waals surface area contributed by atoms with Gasteiger partial charge in [-0.2, -0.15) is 0 Å². The molecule has 0 spiro atoms. The van der Waals surface area contributed by atoms with Gasteiger partial charge in [-0.1, -0.05) is 42.1 Å². The Morgan fingerprint density at radius 3 is 1.62 bits per heavy atom. The topological polar surface area (TPSA) is 22.1 Å². The number of nitrogens with zero attached hydrogens (tertiary/aromatic N) is 4. The summed E-state index contributed by atoms with van der Waals surface area (Å²) < 4.78 is -0.362. The van der Waals surface area contributed by atoms with Crippen LogP contribution in [0.3, 0.4) is 0 Å². The molecule has 3 aromatic rings. The number of hydrogen-bond acceptors (Lipinski definition) is 5. The third-order valence-electron chi connectivity index (χ3n) is 6.65. The van der Waals surface area contributed by atoms with Gasteiger partial charge < -0.3 is 14.7 Å². The Bertz CT molecular complexity index is 1110. The molecular formula is C29H36N4S. The summed E-state index contributed by atoms with van der Waals surface area (Å²) >= 11 is 1.85. The summed E-state index contributed by atoms with van der Waals surface area (Å²) in [4.78, 5) is 11.7. The standard InChI is InChI=1S/C29H36N4S/c1-8-33(9-2)26-18-19-27-28(20-26)30-21(3)34-29(27,22-10-14-24(15-11-22)31(4)5)23-12-16-25(17-13-23)32(6)7/h10-20H,8-9H2,1-7H3. The van der Waals surface area contributed by atoms with Crippen LogP contribution in [0.1, 0.15) is 37.5 Å². The number of aliphatic imine (C=N–C) groups is 1. The maximum absolute atomic E-state index is 5.03. The lowest BCUT2D eigenvalue weighted by atomic mass is 9.82. The molecule has 0 aromatic heterocycles. The average Bonchev–Trinajstić information content (AvgIpc) is 2.84. The van der Waals surface area contributed by atoms with Gasteiger partial charge in [0.25, 0.3) is 0 Å². The zero-order valence-corrected chi connectivity index (χ0v) is 22.3. The van der Waals surface area contributed by atoms with Crippen LogP contribution in [-0.4, -0.2) is 46.3 Å². The smallest absolute Gasteiger partial charge is 0.0986 e. The van der Waals surface area contributed by atoms with Crippen molar-refractivity contribution in [2.24, 2.45) is 4.99 Å². The van der Waals surface area contributed by atoms with E-state index in [0.717, 1.165) is 23.8 Å². The lowest BCUT2D eigenvalue weighted by Crippen LogP contribution is -2.30. The normalized spacial score (nSPS) is 14.3. The van der Waals surface area contributed by atoms with Crippen molar-refractivity contribution in [2.75, 3.05) is 56.0 Å². The number of benzene rings is 3. The molecule has 0 amide bonds. The first-order valence-electron chi connectivity index (χ1n) is 12.0. The van der Waals surface area contributed by atoms with Gasteiger partial charge in [0.1, 0.15) is 0 Å². The molecule has 3 aromatic carbocycles. The first-order valence-corrected chi connectivity index (χ1v) is 12.8. The van der Waals surface area contributed by atoms with Gasteiger partial charge in [0.15, 0.2) is 0 Å². The Morgan fingerprint density at radius 2 is 1.18 bits per heavy atom. The Kier molecular flexibility index (Phi) is 6.94. The van der Waals surface area contributed by atoms with E-state index in [1.165, 1.54) is 33.8 Å². The maximum Gasteiger partial charge on any atom is 0.0986 e. The fourth-order valence-electron chi connectivity index (χ4n) is 4.75. The summed E-state index contributed by atoms with van der Waals surface area (Å²) in [5, 5.41) is 1.08. The first-order chi connectivity index (χ1) is 16.3. The molecule has 0 aliphatic carbocycles. The van der Waals surface area contributed by atoms with Crippen molar-refractivity contribution in [2.45, 2.75) is 25.5 Å². The van der Waals surface area contributed by atoms with Crippen LogP contribution in [0.2, 0.25) is 0 Å². The van der Waals surface area contributed by atoms with E-state index in [1.807, 2.05) is 11.8 Å². The molecule has 0 atom stereocenters. The molecule has 0 fully saturated rings. The maximum atomic E-state index is 5.03. The number of rotatable bonds is 7. The largest absolute Gasteiger partial charge is 0.378 e. The van der Waals surface area contributed by atoms with Gasteiger partial charge >= 0.3 is 0 Å². The zero-order chi connectivity index (χ0) is 24.5. The lowest BCUT2D eigenvalue weighted by molar-refractivity contribution is 0.860. The Morgan fingerprint density at radius 1 is 0.706 bits per heavy atom. The van der Waals surface area contributed by atoms with Crippen molar-refractivity contribution in [1.29, 1.82) is 0 Å². The van der Waals surface area contributed by atoms with E-state index in [1.54, 1.807) is 0 Å². The van der Waals surface area contributed by atoms with Gasteiger partial charge in [-0.25, -0.2) is 4.99 Å². The van der Waals surface area contributed by atoms with Crippen molar-refractivity contribution in [3.8, 4) is 0 Å². The van der Waals surface area contributed by atoms with E-state index >= 15 is 0 Å². The molecule has 5 heteroatoms. The minimum atomic E-state index is -0.362. The highest BCUT2D eigenvalue weighted by molar-refractivity contribution is 8.15. The molecule has 0 unspecified atom stereocenters. The van der Waals surface area contributed by atoms with Crippen molar-refractivity contribution >= 4 is 39.6 Å². The summed E-state index contributed by atoms with van der Waals surface area (Å²) in [6.45, 7) is 8.51. The molecule has 0 saturated carbocycles. The summed E-state index contributed by atoms with van der Waals surface area (Å²) in [5.74, 6) is 0. The van der Waals surface area contributed by atoms with E-state index in [0.29, 0.717) is 0 Å². The third kappa shape index (κ3) is 4.29. The van der Waals surface area contributed by atoms with Crippen LogP contribution in [0, 0.1) is 0 Å². The Balaban J connectivity index is 1.96. The molecule has 1 aliphatic heterocycles. The van der Waals surface area contributed by atoms with Gasteiger partial charge in [-0.15, -0.1) is 0 Å². The van der Waals surface area contributed by atoms with Crippen molar-refractivity contribution in [3.63, 3.8) is 0 Å². The number of hydrogen-bond donors (Lipinski definition) is 0. The van der Waals surface area contributed by atoms with Crippen LogP contribution >= 0.6 is 11.8 Å². The Labute approximate surface area is 209 Å². The number of thioether (sulfide) groups is 1. The van der Waals surface area contributed by atoms with Crippen LogP contribution in [0.4, 0.5) is 22.7 Å². The fourth-order valence-corrected chi connectivity index (χ4v) is 6.13. The van der Waals surface area contributed by atoms with Crippen LogP contribution in [0.25, 0.3) is 0 Å². The van der Waals surface area contributed by atoms with E-state index in [-0.39, 0.29) is 4.75 Å². The zero-order valence-electron chi connectivity index (χ0n) is 21.5. The molecule has 1 heterocycles. The molecule has 4 rings (SSSR count). The summed E-state index contributed by atoms with van der Waals surface area (Å²) in [6, 6.07) is 24.8. The molecule has 34 heavy (non-hydrogen) atoms. The third-order valence-corrected chi connectivity index (χ3v) is 8.03. The van der Waals surface area contributed by atoms with E-state index < -0.39 is 0 Å². The molecule has 0 radical (unpaired) electrons. The van der Waals surface area contributed by atoms with Gasteiger partial charge in [0.05, 0.1) is 15.5 Å². The quantitative estimate of drug-likeness (QED) is 0.379. The summed E-state index contributed by atoms with van der Waals surface area (Å²) in [6.07, 6.45) is 0.